The Kier molecular flexibility index (Phi) is 3.91. The Hall–Kier alpha value is -1.49. The number of hydrogen-bond donors (Lipinski definition) is 0. The van der Waals surface area contributed by atoms with Crippen LogP contribution in [0.3, 0.4) is 0 Å². The lowest BCUT2D eigenvalue weighted by Gasteiger charge is -2.27. The molecule has 2 rings (SSSR count). The maximum atomic E-state index is 13.0. The predicted molar refractivity (Wildman–Crippen MR) is 66.8 cm³/mol. The van der Waals surface area contributed by atoms with Crippen molar-refractivity contribution >= 4 is 5.91 Å². The molecule has 2 heterocycles. The van der Waals surface area contributed by atoms with Gasteiger partial charge in [-0.05, 0) is 33.0 Å². The van der Waals surface area contributed by atoms with Gasteiger partial charge >= 0.3 is 0 Å². The number of amides is 1. The molecule has 0 N–H and O–H groups in total. The molecule has 1 fully saturated rings. The normalized spacial score (nSPS) is 19.6. The van der Waals surface area contributed by atoms with Crippen LogP contribution in [0.1, 0.15) is 23.2 Å². The molecule has 18 heavy (non-hydrogen) atoms. The zero-order chi connectivity index (χ0) is 13.1. The van der Waals surface area contributed by atoms with E-state index in [0.29, 0.717) is 5.56 Å². The highest BCUT2D eigenvalue weighted by atomic mass is 19.1. The summed E-state index contributed by atoms with van der Waals surface area (Å²) >= 11 is 0. The second-order valence-corrected chi connectivity index (χ2v) is 4.92. The maximum Gasteiger partial charge on any atom is 0.254 e. The molecule has 1 amide bonds. The number of hydrogen-bond acceptors (Lipinski definition) is 3. The maximum absolute atomic E-state index is 13.0. The Labute approximate surface area is 106 Å². The summed E-state index contributed by atoms with van der Waals surface area (Å²) in [7, 11) is 3.99. The molecule has 0 aliphatic carbocycles. The van der Waals surface area contributed by atoms with E-state index >= 15 is 0 Å². The van der Waals surface area contributed by atoms with E-state index in [1.54, 1.807) is 6.07 Å². The van der Waals surface area contributed by atoms with E-state index in [1.165, 1.54) is 12.3 Å². The van der Waals surface area contributed by atoms with Gasteiger partial charge in [-0.15, -0.1) is 0 Å². The van der Waals surface area contributed by atoms with Crippen LogP contribution in [0.25, 0.3) is 0 Å². The second-order valence-electron chi connectivity index (χ2n) is 4.92. The highest BCUT2D eigenvalue weighted by Gasteiger charge is 2.29. The van der Waals surface area contributed by atoms with Gasteiger partial charge in [0.15, 0.2) is 0 Å². The van der Waals surface area contributed by atoms with E-state index in [0.717, 1.165) is 25.9 Å². The van der Waals surface area contributed by atoms with E-state index in [1.807, 2.05) is 19.0 Å². The fourth-order valence-corrected chi connectivity index (χ4v) is 2.42. The van der Waals surface area contributed by atoms with Crippen molar-refractivity contribution < 1.29 is 9.18 Å². The number of likely N-dealkylation sites (N-methyl/N-ethyl adjacent to an activating group) is 1. The third-order valence-electron chi connectivity index (χ3n) is 3.19. The molecule has 0 radical (unpaired) electrons. The van der Waals surface area contributed by atoms with Crippen molar-refractivity contribution in [3.05, 3.63) is 29.8 Å². The number of rotatable bonds is 3. The third-order valence-corrected chi connectivity index (χ3v) is 3.19. The van der Waals surface area contributed by atoms with Crippen molar-refractivity contribution in [2.45, 2.75) is 18.9 Å². The van der Waals surface area contributed by atoms with Crippen molar-refractivity contribution in [1.82, 2.24) is 14.8 Å². The molecule has 98 valence electrons. The SMILES string of the molecule is CN(C)CC1CCCN1C(=O)c1ccnc(F)c1. The molecule has 1 aromatic rings. The molecule has 5 heteroatoms. The van der Waals surface area contributed by atoms with Gasteiger partial charge in [-0.2, -0.15) is 4.39 Å². The molecular formula is C13H18FN3O. The largest absolute Gasteiger partial charge is 0.334 e. The van der Waals surface area contributed by atoms with Crippen LogP contribution in [-0.2, 0) is 0 Å². The first kappa shape index (κ1) is 13.0. The third kappa shape index (κ3) is 2.85. The molecule has 1 unspecified atom stereocenters. The number of halogens is 1. The summed E-state index contributed by atoms with van der Waals surface area (Å²) in [4.78, 5) is 19.7. The fourth-order valence-electron chi connectivity index (χ4n) is 2.42. The first-order chi connectivity index (χ1) is 8.58. The van der Waals surface area contributed by atoms with Crippen LogP contribution in [0.4, 0.5) is 4.39 Å². The van der Waals surface area contributed by atoms with Crippen LogP contribution in [0, 0.1) is 5.95 Å². The number of aromatic nitrogens is 1. The van der Waals surface area contributed by atoms with Crippen LogP contribution < -0.4 is 0 Å². The first-order valence-corrected chi connectivity index (χ1v) is 6.15. The van der Waals surface area contributed by atoms with Gasteiger partial charge in [0, 0.05) is 37.0 Å². The lowest BCUT2D eigenvalue weighted by Crippen LogP contribution is -2.41. The second kappa shape index (κ2) is 5.44. The van der Waals surface area contributed by atoms with E-state index in [2.05, 4.69) is 9.88 Å². The average Bonchev–Trinajstić information content (AvgIpc) is 2.75. The number of pyridine rings is 1. The molecule has 1 aliphatic heterocycles. The van der Waals surface area contributed by atoms with Crippen molar-refractivity contribution in [2.75, 3.05) is 27.2 Å². The van der Waals surface area contributed by atoms with Gasteiger partial charge in [0.1, 0.15) is 0 Å². The fraction of sp³-hybridized carbons (Fsp3) is 0.538. The standard InChI is InChI=1S/C13H18FN3O/c1-16(2)9-11-4-3-7-17(11)13(18)10-5-6-15-12(14)8-10/h5-6,8,11H,3-4,7,9H2,1-2H3. The van der Waals surface area contributed by atoms with Crippen LogP contribution in [0.2, 0.25) is 0 Å². The van der Waals surface area contributed by atoms with E-state index in [-0.39, 0.29) is 11.9 Å². The lowest BCUT2D eigenvalue weighted by atomic mass is 10.2. The van der Waals surface area contributed by atoms with Crippen molar-refractivity contribution in [1.29, 1.82) is 0 Å². The van der Waals surface area contributed by atoms with Crippen LogP contribution in [0.5, 0.6) is 0 Å². The van der Waals surface area contributed by atoms with Crippen molar-refractivity contribution in [3.63, 3.8) is 0 Å². The van der Waals surface area contributed by atoms with Crippen molar-refractivity contribution in [3.8, 4) is 0 Å². The zero-order valence-electron chi connectivity index (χ0n) is 10.8. The zero-order valence-corrected chi connectivity index (χ0v) is 10.8. The van der Waals surface area contributed by atoms with Gasteiger partial charge in [0.2, 0.25) is 5.95 Å². The lowest BCUT2D eigenvalue weighted by molar-refractivity contribution is 0.0715. The van der Waals surface area contributed by atoms with Crippen LogP contribution >= 0.6 is 0 Å². The summed E-state index contributed by atoms with van der Waals surface area (Å²) in [5, 5.41) is 0. The minimum Gasteiger partial charge on any atom is -0.334 e. The van der Waals surface area contributed by atoms with Crippen LogP contribution in [-0.4, -0.2) is 53.9 Å². The molecule has 0 spiro atoms. The first-order valence-electron chi connectivity index (χ1n) is 6.15. The molecule has 1 saturated heterocycles. The highest BCUT2D eigenvalue weighted by molar-refractivity contribution is 5.94. The van der Waals surface area contributed by atoms with Gasteiger partial charge in [-0.1, -0.05) is 0 Å². The highest BCUT2D eigenvalue weighted by Crippen LogP contribution is 2.20. The summed E-state index contributed by atoms with van der Waals surface area (Å²) in [6.07, 6.45) is 3.36. The van der Waals surface area contributed by atoms with E-state index < -0.39 is 5.95 Å². The molecule has 1 aromatic heterocycles. The summed E-state index contributed by atoms with van der Waals surface area (Å²) in [5.74, 6) is -0.704. The van der Waals surface area contributed by atoms with Gasteiger partial charge in [-0.3, -0.25) is 4.79 Å². The van der Waals surface area contributed by atoms with E-state index in [4.69, 9.17) is 0 Å². The number of carbonyl (C=O) groups is 1. The van der Waals surface area contributed by atoms with Gasteiger partial charge < -0.3 is 9.80 Å². The minimum absolute atomic E-state index is 0.0966. The number of nitrogens with zero attached hydrogens (tertiary/aromatic N) is 3. The molecule has 0 bridgehead atoms. The number of likely N-dealkylation sites (tertiary alicyclic amines) is 1. The molecule has 1 aliphatic rings. The Morgan fingerprint density at radius 1 is 1.61 bits per heavy atom. The summed E-state index contributed by atoms with van der Waals surface area (Å²) < 4.78 is 13.0. The molecule has 1 atom stereocenters. The van der Waals surface area contributed by atoms with E-state index in [9.17, 15) is 9.18 Å². The molecule has 0 aromatic carbocycles. The summed E-state index contributed by atoms with van der Waals surface area (Å²) in [6.45, 7) is 1.60. The molecular weight excluding hydrogens is 233 g/mol. The minimum atomic E-state index is -0.607. The van der Waals surface area contributed by atoms with Crippen LogP contribution in [0.15, 0.2) is 18.3 Å². The Bertz CT molecular complexity index is 436. The monoisotopic (exact) mass is 251 g/mol. The van der Waals surface area contributed by atoms with Gasteiger partial charge in [0.25, 0.3) is 5.91 Å². The summed E-state index contributed by atoms with van der Waals surface area (Å²) in [6, 6.07) is 2.99. The quantitative estimate of drug-likeness (QED) is 0.762. The Morgan fingerprint density at radius 2 is 2.39 bits per heavy atom. The smallest absolute Gasteiger partial charge is 0.254 e. The van der Waals surface area contributed by atoms with Gasteiger partial charge in [0.05, 0.1) is 0 Å². The van der Waals surface area contributed by atoms with Crippen molar-refractivity contribution in [2.24, 2.45) is 0 Å². The average molecular weight is 251 g/mol. The predicted octanol–water partition coefficient (Wildman–Crippen LogP) is 1.39. The Balaban J connectivity index is 2.12. The molecule has 0 saturated carbocycles. The number of carbonyl (C=O) groups excluding carboxylic acids is 1. The van der Waals surface area contributed by atoms with Gasteiger partial charge in [-0.25, -0.2) is 4.98 Å². The molecule has 4 nitrogen and oxygen atoms in total. The summed E-state index contributed by atoms with van der Waals surface area (Å²) in [5.41, 5.74) is 0.383. The Morgan fingerprint density at radius 3 is 3.06 bits per heavy atom. The topological polar surface area (TPSA) is 36.4 Å².